The molecule has 0 aliphatic rings. The number of aliphatic imine (C=N–C) groups is 1. The van der Waals surface area contributed by atoms with Gasteiger partial charge in [0.15, 0.2) is 0 Å². The average Bonchev–Trinajstić information content (AvgIpc) is 2.47. The van der Waals surface area contributed by atoms with Crippen LogP contribution in [-0.2, 0) is 6.54 Å². The van der Waals surface area contributed by atoms with Gasteiger partial charge in [0.2, 0.25) is 0 Å². The van der Waals surface area contributed by atoms with Crippen molar-refractivity contribution in [3.63, 3.8) is 0 Å². The Morgan fingerprint density at radius 3 is 3.00 bits per heavy atom. The lowest BCUT2D eigenvalue weighted by Crippen LogP contribution is -2.13. The molecule has 0 unspecified atom stereocenters. The van der Waals surface area contributed by atoms with Gasteiger partial charge in [-0.15, -0.1) is 0 Å². The maximum absolute atomic E-state index is 11.2. The number of rotatable bonds is 3. The predicted octanol–water partition coefficient (Wildman–Crippen LogP) is 0.910. The zero-order valence-electron chi connectivity index (χ0n) is 7.87. The Kier molecular flexibility index (Phi) is 2.84. The molecule has 0 amide bonds. The van der Waals surface area contributed by atoms with E-state index in [0.29, 0.717) is 12.1 Å². The van der Waals surface area contributed by atoms with Crippen molar-refractivity contribution in [3.05, 3.63) is 28.7 Å². The minimum absolute atomic E-state index is 0.0387. The Hall–Kier alpha value is -1.58. The summed E-state index contributed by atoms with van der Waals surface area (Å²) in [7, 11) is 1.67. The molecule has 4 heteroatoms. The van der Waals surface area contributed by atoms with Crippen molar-refractivity contribution in [2.24, 2.45) is 4.99 Å². The van der Waals surface area contributed by atoms with Crippen molar-refractivity contribution in [2.75, 3.05) is 7.05 Å². The highest BCUT2D eigenvalue weighted by molar-refractivity contribution is 6.07. The molecule has 0 saturated heterocycles. The molecule has 1 heterocycles. The number of nitrogens with zero attached hydrogens (tertiary/aromatic N) is 2. The third-order valence-corrected chi connectivity index (χ3v) is 1.74. The zero-order valence-corrected chi connectivity index (χ0v) is 7.87. The largest absolute Gasteiger partial charge is 0.296 e. The molecule has 13 heavy (non-hydrogen) atoms. The Labute approximate surface area is 76.6 Å². The van der Waals surface area contributed by atoms with Crippen molar-refractivity contribution in [1.29, 1.82) is 0 Å². The van der Waals surface area contributed by atoms with E-state index in [0.717, 1.165) is 5.69 Å². The summed E-state index contributed by atoms with van der Waals surface area (Å²) in [5.41, 5.74) is 1.40. The summed E-state index contributed by atoms with van der Waals surface area (Å²) in [6, 6.07) is 1.52. The summed E-state index contributed by atoms with van der Waals surface area (Å²) in [5, 5.41) is 2.93. The molecule has 1 rings (SSSR count). The summed E-state index contributed by atoms with van der Waals surface area (Å²) in [6.45, 7) is 6.31. The third kappa shape index (κ3) is 1.96. The highest BCUT2D eigenvalue weighted by Crippen LogP contribution is 2.03. The summed E-state index contributed by atoms with van der Waals surface area (Å²) in [6.07, 6.45) is 1.62. The number of H-pyrrole nitrogens is 1. The topological polar surface area (TPSA) is 50.1 Å². The molecule has 0 radical (unpaired) electrons. The molecule has 1 N–H and O–H groups in total. The summed E-state index contributed by atoms with van der Waals surface area (Å²) >= 11 is 0. The van der Waals surface area contributed by atoms with Gasteiger partial charge in [-0.1, -0.05) is 6.58 Å². The first-order valence-corrected chi connectivity index (χ1v) is 4.10. The van der Waals surface area contributed by atoms with Crippen molar-refractivity contribution in [3.8, 4) is 0 Å². The van der Waals surface area contributed by atoms with Crippen LogP contribution in [0.15, 0.2) is 22.4 Å². The van der Waals surface area contributed by atoms with Gasteiger partial charge in [0.1, 0.15) is 0 Å². The molecule has 0 saturated carbocycles. The average molecular weight is 179 g/mol. The van der Waals surface area contributed by atoms with Crippen molar-refractivity contribution < 1.29 is 0 Å². The van der Waals surface area contributed by atoms with E-state index in [1.807, 2.05) is 6.92 Å². The van der Waals surface area contributed by atoms with E-state index in [9.17, 15) is 4.79 Å². The minimum Gasteiger partial charge on any atom is -0.296 e. The second-order valence-electron chi connectivity index (χ2n) is 2.66. The van der Waals surface area contributed by atoms with E-state index in [1.54, 1.807) is 13.3 Å². The van der Waals surface area contributed by atoms with E-state index in [2.05, 4.69) is 16.7 Å². The number of aromatic nitrogens is 2. The van der Waals surface area contributed by atoms with Gasteiger partial charge in [0.25, 0.3) is 5.56 Å². The molecule has 0 aliphatic carbocycles. The number of allylic oxidation sites excluding steroid dienone is 1. The SMILES string of the molecule is C=C(C=NC)c1cc(=O)n(CC)[nH]1. The Morgan fingerprint density at radius 2 is 2.54 bits per heavy atom. The van der Waals surface area contributed by atoms with E-state index in [-0.39, 0.29) is 5.56 Å². The van der Waals surface area contributed by atoms with Crippen LogP contribution in [0.4, 0.5) is 0 Å². The second-order valence-corrected chi connectivity index (χ2v) is 2.66. The lowest BCUT2D eigenvalue weighted by atomic mass is 10.2. The maximum atomic E-state index is 11.2. The fraction of sp³-hybridized carbons (Fsp3) is 0.333. The minimum atomic E-state index is -0.0387. The maximum Gasteiger partial charge on any atom is 0.267 e. The number of aromatic amines is 1. The van der Waals surface area contributed by atoms with E-state index >= 15 is 0 Å². The van der Waals surface area contributed by atoms with Crippen LogP contribution in [0.3, 0.4) is 0 Å². The molecule has 4 nitrogen and oxygen atoms in total. The lowest BCUT2D eigenvalue weighted by Gasteiger charge is -1.95. The number of aryl methyl sites for hydroxylation is 1. The first kappa shape index (κ1) is 9.51. The fourth-order valence-electron chi connectivity index (χ4n) is 1.06. The van der Waals surface area contributed by atoms with Gasteiger partial charge in [0.05, 0.1) is 5.69 Å². The second kappa shape index (κ2) is 3.89. The van der Waals surface area contributed by atoms with Gasteiger partial charge in [-0.2, -0.15) is 0 Å². The van der Waals surface area contributed by atoms with Crippen molar-refractivity contribution >= 4 is 11.8 Å². The van der Waals surface area contributed by atoms with Gasteiger partial charge >= 0.3 is 0 Å². The van der Waals surface area contributed by atoms with E-state index in [1.165, 1.54) is 10.7 Å². The third-order valence-electron chi connectivity index (χ3n) is 1.74. The van der Waals surface area contributed by atoms with Crippen LogP contribution in [0, 0.1) is 0 Å². The number of hydrogen-bond acceptors (Lipinski definition) is 2. The van der Waals surface area contributed by atoms with Crippen LogP contribution in [0.5, 0.6) is 0 Å². The fourth-order valence-corrected chi connectivity index (χ4v) is 1.06. The van der Waals surface area contributed by atoms with Gasteiger partial charge in [-0.25, -0.2) is 0 Å². The van der Waals surface area contributed by atoms with Crippen molar-refractivity contribution in [1.82, 2.24) is 9.78 Å². The molecular formula is C9H13N3O. The molecule has 0 aliphatic heterocycles. The quantitative estimate of drug-likeness (QED) is 0.689. The lowest BCUT2D eigenvalue weighted by molar-refractivity contribution is 0.636. The van der Waals surface area contributed by atoms with E-state index in [4.69, 9.17) is 0 Å². The van der Waals surface area contributed by atoms with Crippen molar-refractivity contribution in [2.45, 2.75) is 13.5 Å². The highest BCUT2D eigenvalue weighted by atomic mass is 16.1. The first-order chi connectivity index (χ1) is 6.19. The van der Waals surface area contributed by atoms with Gasteiger partial charge in [-0.05, 0) is 6.92 Å². The van der Waals surface area contributed by atoms with Crippen LogP contribution < -0.4 is 5.56 Å². The van der Waals surface area contributed by atoms with Crippen LogP contribution in [0.1, 0.15) is 12.6 Å². The molecule has 0 bridgehead atoms. The Bertz CT molecular complexity index is 384. The number of hydrogen-bond donors (Lipinski definition) is 1. The van der Waals surface area contributed by atoms with Crippen LogP contribution in [0.25, 0.3) is 5.57 Å². The standard InChI is InChI=1S/C9H13N3O/c1-4-12-9(13)5-8(11-12)7(2)6-10-3/h5-6,11H,2,4H2,1,3H3. The van der Waals surface area contributed by atoms with E-state index < -0.39 is 0 Å². The Balaban J connectivity index is 3.04. The smallest absolute Gasteiger partial charge is 0.267 e. The van der Waals surface area contributed by atoms with Gasteiger partial charge in [-0.3, -0.25) is 19.6 Å². The molecule has 0 fully saturated rings. The van der Waals surface area contributed by atoms with Crippen LogP contribution in [-0.4, -0.2) is 23.0 Å². The normalized spacial score (nSPS) is 10.9. The molecule has 0 atom stereocenters. The molecular weight excluding hydrogens is 166 g/mol. The summed E-state index contributed by atoms with van der Waals surface area (Å²) < 4.78 is 1.52. The molecule has 0 spiro atoms. The Morgan fingerprint density at radius 1 is 1.85 bits per heavy atom. The van der Waals surface area contributed by atoms with Crippen LogP contribution >= 0.6 is 0 Å². The van der Waals surface area contributed by atoms with Gasteiger partial charge in [0, 0.05) is 31.4 Å². The summed E-state index contributed by atoms with van der Waals surface area (Å²) in [5.74, 6) is 0. The highest BCUT2D eigenvalue weighted by Gasteiger charge is 2.02. The molecule has 70 valence electrons. The monoisotopic (exact) mass is 179 g/mol. The summed E-state index contributed by atoms with van der Waals surface area (Å²) in [4.78, 5) is 15.0. The number of nitrogens with one attached hydrogen (secondary N) is 1. The molecule has 1 aromatic rings. The molecule has 1 aromatic heterocycles. The van der Waals surface area contributed by atoms with Crippen LogP contribution in [0.2, 0.25) is 0 Å². The predicted molar refractivity (Wildman–Crippen MR) is 54.2 cm³/mol. The molecule has 0 aromatic carbocycles. The first-order valence-electron chi connectivity index (χ1n) is 4.10. The zero-order chi connectivity index (χ0) is 9.84. The van der Waals surface area contributed by atoms with Gasteiger partial charge < -0.3 is 0 Å².